The van der Waals surface area contributed by atoms with Crippen molar-refractivity contribution in [3.8, 4) is 0 Å². The maximum absolute atomic E-state index is 3.60. The maximum atomic E-state index is 3.60. The Kier molecular flexibility index (Phi) is 14.6. The van der Waals surface area contributed by atoms with Gasteiger partial charge in [-0.05, 0) is 12.1 Å². The van der Waals surface area contributed by atoms with Gasteiger partial charge in [-0.2, -0.15) is 6.42 Å². The molecule has 0 bridgehead atoms. The van der Waals surface area contributed by atoms with Gasteiger partial charge >= 0.3 is 18.9 Å². The molecule has 0 aliphatic heterocycles. The quantitative estimate of drug-likeness (QED) is 0.395. The van der Waals surface area contributed by atoms with Gasteiger partial charge in [0, 0.05) is 12.4 Å². The minimum atomic E-state index is 0. The molecular weight excluding hydrogens is 117 g/mol. The van der Waals surface area contributed by atoms with Gasteiger partial charge < -0.3 is 11.9 Å². The number of hydrogen-bond donors (Lipinski definition) is 1. The Morgan fingerprint density at radius 3 is 1.80 bits per heavy atom. The second-order valence-electron chi connectivity index (χ2n) is 1.74. The molecule has 0 aliphatic rings. The van der Waals surface area contributed by atoms with E-state index in [0.717, 1.165) is 6.42 Å². The van der Waals surface area contributed by atoms with E-state index in [4.69, 9.17) is 0 Å². The summed E-state index contributed by atoms with van der Waals surface area (Å²) in [4.78, 5) is 2.86. The Bertz CT molecular complexity index is 84.8. The van der Waals surface area contributed by atoms with Crippen LogP contribution in [0.15, 0.2) is 24.5 Å². The van der Waals surface area contributed by atoms with Gasteiger partial charge in [0.25, 0.3) is 0 Å². The molecule has 1 nitrogen and oxygen atoms in total. The zero-order valence-corrected chi connectivity index (χ0v) is 6.93. The van der Waals surface area contributed by atoms with Crippen molar-refractivity contribution in [2.75, 3.05) is 0 Å². The minimum absolute atomic E-state index is 0. The van der Waals surface area contributed by atoms with Crippen LogP contribution in [0.3, 0.4) is 0 Å². The third-order valence-corrected chi connectivity index (χ3v) is 0.850. The van der Waals surface area contributed by atoms with Crippen molar-refractivity contribution in [2.24, 2.45) is 0 Å². The van der Waals surface area contributed by atoms with E-state index in [1.807, 2.05) is 24.5 Å². The van der Waals surface area contributed by atoms with Crippen LogP contribution >= 0.6 is 0 Å². The standard InChI is InChI=1S/C4H5N.C4H9.Li/c1-2-4-5-3-1;1-3-4-2;/h1-5H;1,3-4H2,2H3;/q;-1;+1. The summed E-state index contributed by atoms with van der Waals surface area (Å²) in [6, 6.07) is 3.89. The van der Waals surface area contributed by atoms with Gasteiger partial charge in [0.15, 0.2) is 0 Å². The molecule has 10 heavy (non-hydrogen) atoms. The van der Waals surface area contributed by atoms with Crippen LogP contribution in [-0.2, 0) is 0 Å². The van der Waals surface area contributed by atoms with Crippen LogP contribution in [0, 0.1) is 6.92 Å². The predicted octanol–water partition coefficient (Wildman–Crippen LogP) is -0.361. The third kappa shape index (κ3) is 10.8. The fraction of sp³-hybridized carbons (Fsp3) is 0.375. The number of H-pyrrole nitrogens is 1. The zero-order valence-electron chi connectivity index (χ0n) is 6.93. The van der Waals surface area contributed by atoms with Crippen molar-refractivity contribution in [3.63, 3.8) is 0 Å². The van der Waals surface area contributed by atoms with Gasteiger partial charge in [0.05, 0.1) is 0 Å². The van der Waals surface area contributed by atoms with Gasteiger partial charge in [-0.3, -0.25) is 0 Å². The van der Waals surface area contributed by atoms with Crippen LogP contribution < -0.4 is 18.9 Å². The first-order valence-corrected chi connectivity index (χ1v) is 3.28. The molecule has 1 N–H and O–H groups in total. The Labute approximate surface area is 75.4 Å². The van der Waals surface area contributed by atoms with Crippen LogP contribution in [0.2, 0.25) is 0 Å². The second kappa shape index (κ2) is 11.6. The number of aromatic nitrogens is 1. The number of unbranched alkanes of at least 4 members (excludes halogenated alkanes) is 1. The molecule has 1 aromatic rings. The van der Waals surface area contributed by atoms with Gasteiger partial charge in [0.2, 0.25) is 0 Å². The molecule has 52 valence electrons. The van der Waals surface area contributed by atoms with E-state index in [1.165, 1.54) is 6.42 Å². The first-order chi connectivity index (χ1) is 4.41. The molecule has 0 saturated carbocycles. The van der Waals surface area contributed by atoms with E-state index in [2.05, 4.69) is 18.8 Å². The predicted molar refractivity (Wildman–Crippen MR) is 41.1 cm³/mol. The van der Waals surface area contributed by atoms with Crippen LogP contribution in [0.25, 0.3) is 0 Å². The maximum Gasteiger partial charge on any atom is 1.00 e. The molecule has 0 amide bonds. The fourth-order valence-corrected chi connectivity index (χ4v) is 0.278. The Balaban J connectivity index is 0. The van der Waals surface area contributed by atoms with Crippen molar-refractivity contribution in [2.45, 2.75) is 19.8 Å². The van der Waals surface area contributed by atoms with Gasteiger partial charge in [-0.25, -0.2) is 0 Å². The normalized spacial score (nSPS) is 7.00. The SMILES string of the molecule is [CH2-]CCC.[Li+].c1cc[nH]c1. The summed E-state index contributed by atoms with van der Waals surface area (Å²) in [7, 11) is 0. The van der Waals surface area contributed by atoms with Crippen molar-refractivity contribution in [1.82, 2.24) is 4.98 Å². The number of rotatable bonds is 1. The summed E-state index contributed by atoms with van der Waals surface area (Å²) in [5.74, 6) is 0. The van der Waals surface area contributed by atoms with Crippen molar-refractivity contribution < 1.29 is 18.9 Å². The molecule has 1 aromatic heterocycles. The van der Waals surface area contributed by atoms with Crippen LogP contribution in [0.1, 0.15) is 19.8 Å². The largest absolute Gasteiger partial charge is 1.00 e. The zero-order chi connectivity index (χ0) is 6.95. The molecule has 0 spiro atoms. The molecule has 0 radical (unpaired) electrons. The molecule has 0 unspecified atom stereocenters. The van der Waals surface area contributed by atoms with Crippen LogP contribution in [0.5, 0.6) is 0 Å². The van der Waals surface area contributed by atoms with Crippen molar-refractivity contribution in [3.05, 3.63) is 31.5 Å². The average molecular weight is 131 g/mol. The Hall–Kier alpha value is -0.123. The Morgan fingerprint density at radius 1 is 1.30 bits per heavy atom. The van der Waals surface area contributed by atoms with E-state index in [9.17, 15) is 0 Å². The van der Waals surface area contributed by atoms with E-state index >= 15 is 0 Å². The summed E-state index contributed by atoms with van der Waals surface area (Å²) in [5.41, 5.74) is 0. The summed E-state index contributed by atoms with van der Waals surface area (Å²) >= 11 is 0. The molecule has 0 fully saturated rings. The van der Waals surface area contributed by atoms with E-state index < -0.39 is 0 Å². The smallest absolute Gasteiger partial charge is 0.368 e. The van der Waals surface area contributed by atoms with E-state index in [1.54, 1.807) is 0 Å². The van der Waals surface area contributed by atoms with Gasteiger partial charge in [0.1, 0.15) is 0 Å². The van der Waals surface area contributed by atoms with Gasteiger partial charge in [-0.1, -0.05) is 13.3 Å². The molecule has 2 heteroatoms. The van der Waals surface area contributed by atoms with Crippen LogP contribution in [0.4, 0.5) is 0 Å². The van der Waals surface area contributed by atoms with Gasteiger partial charge in [-0.15, -0.1) is 0 Å². The number of aromatic amines is 1. The first-order valence-electron chi connectivity index (χ1n) is 3.28. The van der Waals surface area contributed by atoms with E-state index in [-0.39, 0.29) is 18.9 Å². The van der Waals surface area contributed by atoms with Crippen molar-refractivity contribution >= 4 is 0 Å². The topological polar surface area (TPSA) is 15.8 Å². The molecule has 0 aliphatic carbocycles. The number of nitrogens with one attached hydrogen (secondary N) is 1. The van der Waals surface area contributed by atoms with Crippen LogP contribution in [-0.4, -0.2) is 4.98 Å². The first kappa shape index (κ1) is 12.5. The minimum Gasteiger partial charge on any atom is -0.368 e. The average Bonchev–Trinajstić information content (AvgIpc) is 2.43. The molecular formula is C8H14LiN. The molecule has 1 heterocycles. The summed E-state index contributed by atoms with van der Waals surface area (Å²) in [6.45, 7) is 5.72. The molecule has 0 atom stereocenters. The molecule has 1 rings (SSSR count). The Morgan fingerprint density at radius 2 is 1.70 bits per heavy atom. The monoisotopic (exact) mass is 131 g/mol. The summed E-state index contributed by atoms with van der Waals surface area (Å²) in [5, 5.41) is 0. The second-order valence-corrected chi connectivity index (χ2v) is 1.74. The van der Waals surface area contributed by atoms with E-state index in [0.29, 0.717) is 0 Å². The number of hydrogen-bond acceptors (Lipinski definition) is 0. The molecule has 0 aromatic carbocycles. The fourth-order valence-electron chi connectivity index (χ4n) is 0.278. The summed E-state index contributed by atoms with van der Waals surface area (Å²) in [6.07, 6.45) is 6.03. The van der Waals surface area contributed by atoms with Crippen molar-refractivity contribution in [1.29, 1.82) is 0 Å². The third-order valence-electron chi connectivity index (χ3n) is 0.850. The summed E-state index contributed by atoms with van der Waals surface area (Å²) < 4.78 is 0. The molecule has 0 saturated heterocycles.